The Kier molecular flexibility index (Phi) is 7.01. The summed E-state index contributed by atoms with van der Waals surface area (Å²) in [6, 6.07) is 7.45. The zero-order chi connectivity index (χ0) is 21.8. The predicted molar refractivity (Wildman–Crippen MR) is 109 cm³/mol. The van der Waals surface area contributed by atoms with Gasteiger partial charge < -0.3 is 10.6 Å². The van der Waals surface area contributed by atoms with Crippen molar-refractivity contribution >= 4 is 62.1 Å². The van der Waals surface area contributed by atoms with Crippen LogP contribution in [0, 0.1) is 10.1 Å². The van der Waals surface area contributed by atoms with Crippen LogP contribution >= 0.6 is 23.2 Å². The Labute approximate surface area is 175 Å². The summed E-state index contributed by atoms with van der Waals surface area (Å²) in [5, 5.41) is 15.6. The van der Waals surface area contributed by atoms with E-state index >= 15 is 0 Å². The number of nitro benzene ring substituents is 1. The van der Waals surface area contributed by atoms with Crippen molar-refractivity contribution in [2.45, 2.75) is 0 Å². The number of nitro groups is 1. The molecule has 0 saturated heterocycles. The van der Waals surface area contributed by atoms with Gasteiger partial charge in [0.15, 0.2) is 0 Å². The number of hydrogen-bond acceptors (Lipinski definition) is 6. The van der Waals surface area contributed by atoms with Gasteiger partial charge in [-0.25, -0.2) is 8.42 Å². The number of amides is 2. The van der Waals surface area contributed by atoms with Crippen molar-refractivity contribution in [1.82, 2.24) is 5.32 Å². The Bertz CT molecular complexity index is 1090. The fourth-order valence-electron chi connectivity index (χ4n) is 2.16. The molecule has 0 heterocycles. The van der Waals surface area contributed by atoms with Gasteiger partial charge in [-0.3, -0.25) is 24.4 Å². The number of anilines is 2. The van der Waals surface area contributed by atoms with Crippen LogP contribution in [0.4, 0.5) is 17.1 Å². The number of halogens is 2. The number of rotatable bonds is 7. The molecule has 0 unspecified atom stereocenters. The van der Waals surface area contributed by atoms with Crippen LogP contribution in [0.25, 0.3) is 0 Å². The van der Waals surface area contributed by atoms with Gasteiger partial charge in [0.05, 0.1) is 39.7 Å². The van der Waals surface area contributed by atoms with E-state index in [0.717, 1.165) is 18.4 Å². The largest absolute Gasteiger partial charge is 0.343 e. The highest BCUT2D eigenvalue weighted by Crippen LogP contribution is 2.26. The zero-order valence-corrected chi connectivity index (χ0v) is 17.1. The summed E-state index contributed by atoms with van der Waals surface area (Å²) in [6.07, 6.45) is 0.921. The molecule has 0 aromatic heterocycles. The highest BCUT2D eigenvalue weighted by atomic mass is 35.5. The third-order valence-corrected chi connectivity index (χ3v) is 4.51. The summed E-state index contributed by atoms with van der Waals surface area (Å²) in [6.45, 7) is -0.475. The van der Waals surface area contributed by atoms with Crippen molar-refractivity contribution in [1.29, 1.82) is 0 Å². The average molecular weight is 461 g/mol. The number of hydrogen-bond donors (Lipinski definition) is 3. The van der Waals surface area contributed by atoms with E-state index in [1.807, 2.05) is 0 Å². The number of non-ortho nitro benzene ring substituents is 1. The highest BCUT2D eigenvalue weighted by molar-refractivity contribution is 7.92. The van der Waals surface area contributed by atoms with E-state index < -0.39 is 33.3 Å². The minimum Gasteiger partial charge on any atom is -0.343 e. The Hall–Kier alpha value is -2.89. The predicted octanol–water partition coefficient (Wildman–Crippen LogP) is 2.64. The number of benzene rings is 2. The van der Waals surface area contributed by atoms with E-state index in [9.17, 15) is 28.1 Å². The summed E-state index contributed by atoms with van der Waals surface area (Å²) >= 11 is 11.7. The molecule has 0 aliphatic carbocycles. The van der Waals surface area contributed by atoms with Crippen LogP contribution in [-0.2, 0) is 14.8 Å². The minimum absolute atomic E-state index is 0.00628. The second-order valence-corrected chi connectivity index (χ2v) is 8.31. The van der Waals surface area contributed by atoms with E-state index in [1.54, 1.807) is 0 Å². The smallest absolute Gasteiger partial charge is 0.271 e. The third kappa shape index (κ3) is 6.59. The Morgan fingerprint density at radius 3 is 2.34 bits per heavy atom. The lowest BCUT2D eigenvalue weighted by molar-refractivity contribution is -0.384. The van der Waals surface area contributed by atoms with Crippen molar-refractivity contribution in [3.8, 4) is 0 Å². The first-order valence-corrected chi connectivity index (χ1v) is 10.4. The van der Waals surface area contributed by atoms with Gasteiger partial charge in [-0.05, 0) is 24.3 Å². The molecule has 0 aliphatic heterocycles. The van der Waals surface area contributed by atoms with Gasteiger partial charge >= 0.3 is 0 Å². The van der Waals surface area contributed by atoms with Gasteiger partial charge in [0.1, 0.15) is 0 Å². The molecule has 0 atom stereocenters. The standard InChI is InChI=1S/C16H14Cl2N4O6S/c1-29(27,28)21-13-4-2-9(17)6-11(13)16(24)19-8-15(23)20-14-5-3-10(22(25)26)7-12(14)18/h2-7,21H,8H2,1H3,(H,19,24)(H,20,23). The summed E-state index contributed by atoms with van der Waals surface area (Å²) in [7, 11) is -3.65. The van der Waals surface area contributed by atoms with Gasteiger partial charge in [0.2, 0.25) is 15.9 Å². The first kappa shape index (κ1) is 22.4. The molecule has 10 nitrogen and oxygen atoms in total. The van der Waals surface area contributed by atoms with Crippen molar-refractivity contribution in [2.24, 2.45) is 0 Å². The lowest BCUT2D eigenvalue weighted by Crippen LogP contribution is -2.33. The van der Waals surface area contributed by atoms with Crippen molar-refractivity contribution in [3.05, 3.63) is 62.1 Å². The number of nitrogens with zero attached hydrogens (tertiary/aromatic N) is 1. The fourth-order valence-corrected chi connectivity index (χ4v) is 3.13. The summed E-state index contributed by atoms with van der Waals surface area (Å²) in [5.74, 6) is -1.41. The highest BCUT2D eigenvalue weighted by Gasteiger charge is 2.17. The van der Waals surface area contributed by atoms with Gasteiger partial charge in [-0.1, -0.05) is 23.2 Å². The van der Waals surface area contributed by atoms with Crippen molar-refractivity contribution in [3.63, 3.8) is 0 Å². The van der Waals surface area contributed by atoms with Gasteiger partial charge in [-0.2, -0.15) is 0 Å². The number of sulfonamides is 1. The van der Waals surface area contributed by atoms with Gasteiger partial charge in [-0.15, -0.1) is 0 Å². The molecule has 0 spiro atoms. The molecule has 3 N–H and O–H groups in total. The van der Waals surface area contributed by atoms with Crippen LogP contribution in [-0.4, -0.2) is 38.0 Å². The molecule has 29 heavy (non-hydrogen) atoms. The normalized spacial score (nSPS) is 10.9. The van der Waals surface area contributed by atoms with E-state index in [2.05, 4.69) is 15.4 Å². The van der Waals surface area contributed by atoms with Crippen LogP contribution < -0.4 is 15.4 Å². The summed E-state index contributed by atoms with van der Waals surface area (Å²) in [4.78, 5) is 34.5. The quantitative estimate of drug-likeness (QED) is 0.427. The van der Waals surface area contributed by atoms with E-state index in [4.69, 9.17) is 23.2 Å². The molecule has 0 fully saturated rings. The fraction of sp³-hybridized carbons (Fsp3) is 0.125. The second-order valence-electron chi connectivity index (χ2n) is 5.72. The molecule has 0 saturated carbocycles. The number of carbonyl (C=O) groups excluding carboxylic acids is 2. The molecular weight excluding hydrogens is 447 g/mol. The van der Waals surface area contributed by atoms with Gasteiger partial charge in [0.25, 0.3) is 11.6 Å². The SMILES string of the molecule is CS(=O)(=O)Nc1ccc(Cl)cc1C(=O)NCC(=O)Nc1ccc([N+](=O)[O-])cc1Cl. The molecule has 0 bridgehead atoms. The second kappa shape index (κ2) is 9.07. The van der Waals surface area contributed by atoms with Gasteiger partial charge in [0, 0.05) is 17.2 Å². The molecule has 13 heteroatoms. The number of carbonyl (C=O) groups is 2. The molecule has 2 aromatic carbocycles. The van der Waals surface area contributed by atoms with E-state index in [0.29, 0.717) is 0 Å². The number of nitrogens with one attached hydrogen (secondary N) is 3. The van der Waals surface area contributed by atoms with Crippen LogP contribution in [0.5, 0.6) is 0 Å². The van der Waals surface area contributed by atoms with Crippen LogP contribution in [0.15, 0.2) is 36.4 Å². The molecular formula is C16H14Cl2N4O6S. The monoisotopic (exact) mass is 460 g/mol. The van der Waals surface area contributed by atoms with E-state index in [1.165, 1.54) is 24.3 Å². The molecule has 154 valence electrons. The van der Waals surface area contributed by atoms with Crippen LogP contribution in [0.3, 0.4) is 0 Å². The van der Waals surface area contributed by atoms with E-state index in [-0.39, 0.29) is 32.7 Å². The molecule has 0 radical (unpaired) electrons. The molecule has 2 aromatic rings. The summed E-state index contributed by atoms with van der Waals surface area (Å²) < 4.78 is 25.1. The minimum atomic E-state index is -3.65. The topological polar surface area (TPSA) is 148 Å². The maximum Gasteiger partial charge on any atom is 0.271 e. The Morgan fingerprint density at radius 2 is 1.76 bits per heavy atom. The lowest BCUT2D eigenvalue weighted by Gasteiger charge is -2.12. The molecule has 2 rings (SSSR count). The van der Waals surface area contributed by atoms with Crippen molar-refractivity contribution < 1.29 is 22.9 Å². The average Bonchev–Trinajstić information content (AvgIpc) is 2.61. The third-order valence-electron chi connectivity index (χ3n) is 3.37. The maximum atomic E-state index is 12.4. The Balaban J connectivity index is 2.07. The molecule has 2 amide bonds. The zero-order valence-electron chi connectivity index (χ0n) is 14.7. The first-order valence-electron chi connectivity index (χ1n) is 7.75. The summed E-state index contributed by atoms with van der Waals surface area (Å²) in [5.41, 5.74) is -0.204. The van der Waals surface area contributed by atoms with Crippen LogP contribution in [0.1, 0.15) is 10.4 Å². The van der Waals surface area contributed by atoms with Crippen molar-refractivity contribution in [2.75, 3.05) is 22.8 Å². The lowest BCUT2D eigenvalue weighted by atomic mass is 10.1. The maximum absolute atomic E-state index is 12.4. The van der Waals surface area contributed by atoms with Crippen LogP contribution in [0.2, 0.25) is 10.0 Å². The first-order chi connectivity index (χ1) is 13.5. The Morgan fingerprint density at radius 1 is 1.10 bits per heavy atom. The molecule has 0 aliphatic rings.